The summed E-state index contributed by atoms with van der Waals surface area (Å²) in [5, 5.41) is 0. The largest absolute Gasteiger partial charge is 0.393 e. The Morgan fingerprint density at radius 1 is 1.35 bits per heavy atom. The van der Waals surface area contributed by atoms with Crippen LogP contribution < -0.4 is 5.73 Å². The van der Waals surface area contributed by atoms with Crippen LogP contribution in [0.2, 0.25) is 0 Å². The van der Waals surface area contributed by atoms with Crippen molar-refractivity contribution in [3.8, 4) is 0 Å². The first kappa shape index (κ1) is 14.1. The molecule has 17 heavy (non-hydrogen) atoms. The monoisotopic (exact) mass is 250 g/mol. The van der Waals surface area contributed by atoms with Crippen molar-refractivity contribution in [2.24, 2.45) is 5.73 Å². The van der Waals surface area contributed by atoms with E-state index in [0.29, 0.717) is 11.0 Å². The molecule has 2 nitrogen and oxygen atoms in total. The molecule has 2 N–H and O–H groups in total. The number of nitrogens with zero attached hydrogens (tertiary/aromatic N) is 1. The zero-order chi connectivity index (χ0) is 12.7. The molecule has 1 aromatic rings. The van der Waals surface area contributed by atoms with Crippen molar-refractivity contribution >= 4 is 17.2 Å². The van der Waals surface area contributed by atoms with E-state index in [0.717, 1.165) is 25.9 Å². The molecule has 1 aromatic carbocycles. The van der Waals surface area contributed by atoms with Crippen LogP contribution in [0.25, 0.3) is 0 Å². The van der Waals surface area contributed by atoms with E-state index in [2.05, 4.69) is 43.0 Å². The van der Waals surface area contributed by atoms with Crippen LogP contribution in [-0.2, 0) is 6.54 Å². The molecule has 0 amide bonds. The van der Waals surface area contributed by atoms with Gasteiger partial charge in [-0.05, 0) is 25.5 Å². The summed E-state index contributed by atoms with van der Waals surface area (Å²) in [4.78, 5) is 3.04. The number of thiocarbonyl (C=S) groups is 1. The standard InChI is InChI=1S/C14H22N2S/c1-3-9-16(12(2)10-14(15)17)11-13-7-5-4-6-8-13/h4-8,12H,3,9-11H2,1-2H3,(H2,15,17). The molecular formula is C14H22N2S. The van der Waals surface area contributed by atoms with E-state index < -0.39 is 0 Å². The van der Waals surface area contributed by atoms with Gasteiger partial charge in [0.1, 0.15) is 0 Å². The van der Waals surface area contributed by atoms with Crippen molar-refractivity contribution in [1.82, 2.24) is 4.90 Å². The van der Waals surface area contributed by atoms with Crippen LogP contribution in [0.1, 0.15) is 32.3 Å². The molecule has 0 fully saturated rings. The number of nitrogens with two attached hydrogens (primary N) is 1. The van der Waals surface area contributed by atoms with Gasteiger partial charge < -0.3 is 5.73 Å². The lowest BCUT2D eigenvalue weighted by Crippen LogP contribution is -2.35. The van der Waals surface area contributed by atoms with Gasteiger partial charge >= 0.3 is 0 Å². The molecule has 0 heterocycles. The second-order valence-electron chi connectivity index (χ2n) is 4.48. The van der Waals surface area contributed by atoms with Crippen molar-refractivity contribution in [2.75, 3.05) is 6.54 Å². The molecule has 0 aliphatic carbocycles. The van der Waals surface area contributed by atoms with Gasteiger partial charge in [-0.2, -0.15) is 0 Å². The lowest BCUT2D eigenvalue weighted by molar-refractivity contribution is 0.204. The maximum Gasteiger partial charge on any atom is 0.0742 e. The van der Waals surface area contributed by atoms with Crippen LogP contribution in [-0.4, -0.2) is 22.5 Å². The molecule has 0 saturated heterocycles. The molecule has 0 aliphatic heterocycles. The molecule has 0 aliphatic rings. The molecule has 0 aromatic heterocycles. The highest BCUT2D eigenvalue weighted by molar-refractivity contribution is 7.80. The minimum atomic E-state index is 0.410. The summed E-state index contributed by atoms with van der Waals surface area (Å²) in [6.07, 6.45) is 1.94. The maximum atomic E-state index is 5.63. The molecule has 0 saturated carbocycles. The van der Waals surface area contributed by atoms with Gasteiger partial charge in [-0.1, -0.05) is 49.5 Å². The number of hydrogen-bond donors (Lipinski definition) is 1. The predicted octanol–water partition coefficient (Wildman–Crippen LogP) is 2.96. The van der Waals surface area contributed by atoms with E-state index in [1.165, 1.54) is 5.56 Å². The number of rotatable bonds is 7. The number of hydrogen-bond acceptors (Lipinski definition) is 2. The van der Waals surface area contributed by atoms with Crippen LogP contribution in [0.3, 0.4) is 0 Å². The second-order valence-corrected chi connectivity index (χ2v) is 5.00. The third-order valence-corrected chi connectivity index (χ3v) is 3.03. The SMILES string of the molecule is CCCN(Cc1ccccc1)C(C)CC(N)=S. The van der Waals surface area contributed by atoms with Gasteiger partial charge in [-0.3, -0.25) is 4.90 Å². The predicted molar refractivity (Wildman–Crippen MR) is 78.0 cm³/mol. The summed E-state index contributed by atoms with van der Waals surface area (Å²) in [7, 11) is 0. The van der Waals surface area contributed by atoms with Crippen LogP contribution >= 0.6 is 12.2 Å². The van der Waals surface area contributed by atoms with Gasteiger partial charge in [0.15, 0.2) is 0 Å². The normalized spacial score (nSPS) is 12.6. The average molecular weight is 250 g/mol. The van der Waals surface area contributed by atoms with Crippen LogP contribution in [0.4, 0.5) is 0 Å². The maximum absolute atomic E-state index is 5.63. The molecule has 94 valence electrons. The molecule has 1 unspecified atom stereocenters. The summed E-state index contributed by atoms with van der Waals surface area (Å²) < 4.78 is 0. The van der Waals surface area contributed by atoms with E-state index >= 15 is 0 Å². The molecular weight excluding hydrogens is 228 g/mol. The fourth-order valence-corrected chi connectivity index (χ4v) is 2.22. The summed E-state index contributed by atoms with van der Waals surface area (Å²) in [5.41, 5.74) is 6.97. The second kappa shape index (κ2) is 7.41. The van der Waals surface area contributed by atoms with E-state index in [4.69, 9.17) is 18.0 Å². The molecule has 1 atom stereocenters. The summed E-state index contributed by atoms with van der Waals surface area (Å²) in [6, 6.07) is 10.9. The Bertz CT molecular complexity index is 337. The minimum absolute atomic E-state index is 0.410. The molecule has 0 radical (unpaired) electrons. The van der Waals surface area contributed by atoms with Gasteiger partial charge in [0.05, 0.1) is 4.99 Å². The van der Waals surface area contributed by atoms with Crippen molar-refractivity contribution < 1.29 is 0 Å². The molecule has 0 spiro atoms. The summed E-state index contributed by atoms with van der Waals surface area (Å²) in [6.45, 7) is 6.44. The van der Waals surface area contributed by atoms with E-state index in [-0.39, 0.29) is 0 Å². The first-order chi connectivity index (χ1) is 8.13. The molecule has 3 heteroatoms. The van der Waals surface area contributed by atoms with Gasteiger partial charge in [0.2, 0.25) is 0 Å². The molecule has 1 rings (SSSR count). The Morgan fingerprint density at radius 2 is 2.00 bits per heavy atom. The highest BCUT2D eigenvalue weighted by Crippen LogP contribution is 2.11. The highest BCUT2D eigenvalue weighted by Gasteiger charge is 2.14. The highest BCUT2D eigenvalue weighted by atomic mass is 32.1. The quantitative estimate of drug-likeness (QED) is 0.754. The van der Waals surface area contributed by atoms with Crippen LogP contribution in [0.15, 0.2) is 30.3 Å². The van der Waals surface area contributed by atoms with Crippen molar-refractivity contribution in [1.29, 1.82) is 0 Å². The fraction of sp³-hybridized carbons (Fsp3) is 0.500. The van der Waals surface area contributed by atoms with Gasteiger partial charge in [0.25, 0.3) is 0 Å². The first-order valence-electron chi connectivity index (χ1n) is 6.19. The van der Waals surface area contributed by atoms with Crippen LogP contribution in [0, 0.1) is 0 Å². The third kappa shape index (κ3) is 5.29. The van der Waals surface area contributed by atoms with Gasteiger partial charge in [-0.15, -0.1) is 0 Å². The summed E-state index contributed by atoms with van der Waals surface area (Å²) >= 11 is 4.99. The van der Waals surface area contributed by atoms with Crippen molar-refractivity contribution in [3.05, 3.63) is 35.9 Å². The topological polar surface area (TPSA) is 29.3 Å². The van der Waals surface area contributed by atoms with Crippen LogP contribution in [0.5, 0.6) is 0 Å². The smallest absolute Gasteiger partial charge is 0.0742 e. The lowest BCUT2D eigenvalue weighted by atomic mass is 10.1. The summed E-state index contributed by atoms with van der Waals surface area (Å²) in [5.74, 6) is 0. The van der Waals surface area contributed by atoms with E-state index in [1.54, 1.807) is 0 Å². The Morgan fingerprint density at radius 3 is 2.53 bits per heavy atom. The number of benzene rings is 1. The average Bonchev–Trinajstić information content (AvgIpc) is 2.29. The van der Waals surface area contributed by atoms with Gasteiger partial charge in [0, 0.05) is 19.0 Å². The molecule has 0 bridgehead atoms. The van der Waals surface area contributed by atoms with Crippen molar-refractivity contribution in [3.63, 3.8) is 0 Å². The Hall–Kier alpha value is -0.930. The van der Waals surface area contributed by atoms with E-state index in [9.17, 15) is 0 Å². The fourth-order valence-electron chi connectivity index (χ4n) is 1.98. The first-order valence-corrected chi connectivity index (χ1v) is 6.60. The lowest BCUT2D eigenvalue weighted by Gasteiger charge is -2.28. The minimum Gasteiger partial charge on any atom is -0.393 e. The Balaban J connectivity index is 2.62. The van der Waals surface area contributed by atoms with E-state index in [1.807, 2.05) is 6.07 Å². The van der Waals surface area contributed by atoms with Crippen molar-refractivity contribution in [2.45, 2.75) is 39.3 Å². The Kier molecular flexibility index (Phi) is 6.16. The Labute approximate surface area is 110 Å². The third-order valence-electron chi connectivity index (χ3n) is 2.86. The zero-order valence-corrected chi connectivity index (χ0v) is 11.5. The zero-order valence-electron chi connectivity index (χ0n) is 10.7. The van der Waals surface area contributed by atoms with Gasteiger partial charge in [-0.25, -0.2) is 0 Å².